The molecule has 1 aromatic carbocycles. The van der Waals surface area contributed by atoms with E-state index < -0.39 is 12.0 Å². The standard InChI is InChI=1S/C13H15N3O2S/c1-2-8-3-5-9(6-4-8)15-13-16-10(7-19-13)11(14)12(17)18/h3-7,11H,2,14H2,1H3,(H,15,16)(H,17,18). The summed E-state index contributed by atoms with van der Waals surface area (Å²) in [5.41, 5.74) is 8.05. The van der Waals surface area contributed by atoms with Gasteiger partial charge in [-0.3, -0.25) is 4.79 Å². The van der Waals surface area contributed by atoms with Gasteiger partial charge in [0.25, 0.3) is 0 Å². The minimum absolute atomic E-state index is 0.366. The molecule has 100 valence electrons. The third kappa shape index (κ3) is 3.30. The van der Waals surface area contributed by atoms with E-state index in [9.17, 15) is 4.79 Å². The number of aliphatic carboxylic acids is 1. The molecule has 1 heterocycles. The van der Waals surface area contributed by atoms with Gasteiger partial charge >= 0.3 is 5.97 Å². The Morgan fingerprint density at radius 1 is 1.47 bits per heavy atom. The predicted octanol–water partition coefficient (Wildman–Crippen LogP) is 2.53. The number of anilines is 2. The molecule has 0 radical (unpaired) electrons. The fourth-order valence-corrected chi connectivity index (χ4v) is 2.33. The van der Waals surface area contributed by atoms with E-state index in [1.165, 1.54) is 16.9 Å². The topological polar surface area (TPSA) is 88.2 Å². The first-order chi connectivity index (χ1) is 9.10. The van der Waals surface area contributed by atoms with Crippen LogP contribution in [-0.2, 0) is 11.2 Å². The lowest BCUT2D eigenvalue weighted by Crippen LogP contribution is -2.20. The molecule has 0 aliphatic carbocycles. The van der Waals surface area contributed by atoms with E-state index in [1.54, 1.807) is 5.38 Å². The van der Waals surface area contributed by atoms with Crippen LogP contribution in [0.2, 0.25) is 0 Å². The first kappa shape index (κ1) is 13.5. The first-order valence-electron chi connectivity index (χ1n) is 5.90. The lowest BCUT2D eigenvalue weighted by Gasteiger charge is -2.04. The van der Waals surface area contributed by atoms with Gasteiger partial charge in [-0.1, -0.05) is 19.1 Å². The summed E-state index contributed by atoms with van der Waals surface area (Å²) in [6, 6.07) is 6.95. The van der Waals surface area contributed by atoms with Crippen molar-refractivity contribution in [2.45, 2.75) is 19.4 Å². The summed E-state index contributed by atoms with van der Waals surface area (Å²) in [6.45, 7) is 2.10. The number of rotatable bonds is 5. The van der Waals surface area contributed by atoms with Gasteiger partial charge in [-0.2, -0.15) is 0 Å². The Balaban J connectivity index is 2.08. The summed E-state index contributed by atoms with van der Waals surface area (Å²) in [6.07, 6.45) is 0.995. The minimum Gasteiger partial charge on any atom is -0.480 e. The second-order valence-electron chi connectivity index (χ2n) is 4.07. The van der Waals surface area contributed by atoms with Crippen molar-refractivity contribution < 1.29 is 9.90 Å². The van der Waals surface area contributed by atoms with Gasteiger partial charge in [-0.25, -0.2) is 4.98 Å². The van der Waals surface area contributed by atoms with Gasteiger partial charge in [0, 0.05) is 11.1 Å². The number of carbonyl (C=O) groups is 1. The molecule has 0 amide bonds. The number of aromatic nitrogens is 1. The average Bonchev–Trinajstić information content (AvgIpc) is 2.87. The van der Waals surface area contributed by atoms with Crippen LogP contribution in [0.4, 0.5) is 10.8 Å². The number of hydrogen-bond donors (Lipinski definition) is 3. The van der Waals surface area contributed by atoms with Gasteiger partial charge in [0.1, 0.15) is 6.04 Å². The Morgan fingerprint density at radius 3 is 2.74 bits per heavy atom. The molecule has 1 atom stereocenters. The van der Waals surface area contributed by atoms with Crippen molar-refractivity contribution >= 4 is 28.1 Å². The van der Waals surface area contributed by atoms with Gasteiger partial charge < -0.3 is 16.2 Å². The summed E-state index contributed by atoms with van der Waals surface area (Å²) in [4.78, 5) is 14.9. The van der Waals surface area contributed by atoms with Crippen LogP contribution in [0.15, 0.2) is 29.6 Å². The highest BCUT2D eigenvalue weighted by Gasteiger charge is 2.17. The van der Waals surface area contributed by atoms with Crippen molar-refractivity contribution in [1.29, 1.82) is 0 Å². The molecular formula is C13H15N3O2S. The second-order valence-corrected chi connectivity index (χ2v) is 4.93. The van der Waals surface area contributed by atoms with Crippen molar-refractivity contribution in [2.24, 2.45) is 5.73 Å². The van der Waals surface area contributed by atoms with E-state index in [0.717, 1.165) is 12.1 Å². The number of hydrogen-bond acceptors (Lipinski definition) is 5. The van der Waals surface area contributed by atoms with Crippen molar-refractivity contribution in [3.05, 3.63) is 40.9 Å². The summed E-state index contributed by atoms with van der Waals surface area (Å²) in [5, 5.41) is 14.2. The molecule has 0 saturated heterocycles. The van der Waals surface area contributed by atoms with Crippen LogP contribution in [0.25, 0.3) is 0 Å². The maximum absolute atomic E-state index is 10.8. The van der Waals surface area contributed by atoms with Crippen LogP contribution >= 0.6 is 11.3 Å². The maximum atomic E-state index is 10.8. The molecule has 4 N–H and O–H groups in total. The zero-order chi connectivity index (χ0) is 13.8. The molecule has 0 aliphatic heterocycles. The Bertz CT molecular complexity index is 566. The quantitative estimate of drug-likeness (QED) is 0.781. The van der Waals surface area contributed by atoms with Crippen LogP contribution in [0.3, 0.4) is 0 Å². The number of nitrogens with one attached hydrogen (secondary N) is 1. The number of carboxylic acid groups (broad SMARTS) is 1. The molecule has 0 bridgehead atoms. The Labute approximate surface area is 115 Å². The average molecular weight is 277 g/mol. The highest BCUT2D eigenvalue weighted by atomic mass is 32.1. The molecular weight excluding hydrogens is 262 g/mol. The lowest BCUT2D eigenvalue weighted by atomic mass is 10.1. The summed E-state index contributed by atoms with van der Waals surface area (Å²) in [7, 11) is 0. The number of benzene rings is 1. The van der Waals surface area contributed by atoms with Gasteiger partial charge in [0.05, 0.1) is 5.69 Å². The molecule has 0 aliphatic rings. The molecule has 2 rings (SSSR count). The van der Waals surface area contributed by atoms with Crippen molar-refractivity contribution in [3.8, 4) is 0 Å². The van der Waals surface area contributed by atoms with E-state index in [1.807, 2.05) is 24.3 Å². The number of aryl methyl sites for hydroxylation is 1. The van der Waals surface area contributed by atoms with Crippen LogP contribution < -0.4 is 11.1 Å². The predicted molar refractivity (Wildman–Crippen MR) is 75.8 cm³/mol. The van der Waals surface area contributed by atoms with Gasteiger partial charge in [-0.15, -0.1) is 11.3 Å². The Kier molecular flexibility index (Phi) is 4.13. The van der Waals surface area contributed by atoms with E-state index in [2.05, 4.69) is 17.2 Å². The summed E-state index contributed by atoms with van der Waals surface area (Å²) >= 11 is 1.33. The van der Waals surface area contributed by atoms with Crippen LogP contribution in [-0.4, -0.2) is 16.1 Å². The minimum atomic E-state index is -1.08. The number of nitrogens with two attached hydrogens (primary N) is 1. The second kappa shape index (κ2) is 5.81. The monoisotopic (exact) mass is 277 g/mol. The molecule has 19 heavy (non-hydrogen) atoms. The van der Waals surface area contributed by atoms with E-state index in [4.69, 9.17) is 10.8 Å². The van der Waals surface area contributed by atoms with E-state index in [0.29, 0.717) is 10.8 Å². The molecule has 2 aromatic rings. The van der Waals surface area contributed by atoms with Gasteiger partial charge in [0.2, 0.25) is 0 Å². The molecule has 5 nitrogen and oxygen atoms in total. The summed E-state index contributed by atoms with van der Waals surface area (Å²) in [5.74, 6) is -1.08. The van der Waals surface area contributed by atoms with Gasteiger partial charge in [-0.05, 0) is 24.1 Å². The largest absolute Gasteiger partial charge is 0.480 e. The van der Waals surface area contributed by atoms with Crippen molar-refractivity contribution in [2.75, 3.05) is 5.32 Å². The van der Waals surface area contributed by atoms with Gasteiger partial charge in [0.15, 0.2) is 5.13 Å². The fourth-order valence-electron chi connectivity index (χ4n) is 1.56. The van der Waals surface area contributed by atoms with Crippen LogP contribution in [0.5, 0.6) is 0 Å². The molecule has 0 spiro atoms. The lowest BCUT2D eigenvalue weighted by molar-refractivity contribution is -0.138. The van der Waals surface area contributed by atoms with Crippen LogP contribution in [0, 0.1) is 0 Å². The molecule has 6 heteroatoms. The smallest absolute Gasteiger partial charge is 0.326 e. The number of thiazole rings is 1. The summed E-state index contributed by atoms with van der Waals surface area (Å²) < 4.78 is 0. The first-order valence-corrected chi connectivity index (χ1v) is 6.78. The number of carboxylic acids is 1. The molecule has 0 saturated carbocycles. The van der Waals surface area contributed by atoms with Crippen molar-refractivity contribution in [1.82, 2.24) is 4.98 Å². The highest BCUT2D eigenvalue weighted by molar-refractivity contribution is 7.13. The Morgan fingerprint density at radius 2 is 2.16 bits per heavy atom. The number of nitrogens with zero attached hydrogens (tertiary/aromatic N) is 1. The SMILES string of the molecule is CCc1ccc(Nc2nc(C(N)C(=O)O)cs2)cc1. The van der Waals surface area contributed by atoms with Crippen molar-refractivity contribution in [3.63, 3.8) is 0 Å². The Hall–Kier alpha value is -1.92. The van der Waals surface area contributed by atoms with E-state index >= 15 is 0 Å². The highest BCUT2D eigenvalue weighted by Crippen LogP contribution is 2.23. The normalized spacial score (nSPS) is 12.1. The van der Waals surface area contributed by atoms with Crippen LogP contribution in [0.1, 0.15) is 24.2 Å². The molecule has 0 fully saturated rings. The molecule has 1 unspecified atom stereocenters. The maximum Gasteiger partial charge on any atom is 0.326 e. The third-order valence-corrected chi connectivity index (χ3v) is 3.50. The zero-order valence-corrected chi connectivity index (χ0v) is 11.3. The zero-order valence-electron chi connectivity index (χ0n) is 10.5. The third-order valence-electron chi connectivity index (χ3n) is 2.72. The fraction of sp³-hybridized carbons (Fsp3) is 0.231. The molecule has 1 aromatic heterocycles. The van der Waals surface area contributed by atoms with E-state index in [-0.39, 0.29) is 0 Å².